The van der Waals surface area contributed by atoms with Gasteiger partial charge in [0.25, 0.3) is 0 Å². The van der Waals surface area contributed by atoms with Gasteiger partial charge in [0.05, 0.1) is 12.5 Å². The van der Waals surface area contributed by atoms with Gasteiger partial charge >= 0.3 is 0 Å². The first-order chi connectivity index (χ1) is 11.1. The largest absolute Gasteiger partial charge is 0.353 e. The zero-order valence-corrected chi connectivity index (χ0v) is 13.9. The van der Waals surface area contributed by atoms with Gasteiger partial charge in [-0.1, -0.05) is 43.5 Å². The standard InChI is InChI=1S/C19H26N2O2/c1-14(22)21-12-11-15-7-5-6-10-17(15)18(21)13-19(23)20-16-8-3-2-4-9-16/h5-7,10,16,18H,2-4,8-9,11-13H2,1H3,(H,20,23). The van der Waals surface area contributed by atoms with Crippen molar-refractivity contribution in [3.63, 3.8) is 0 Å². The van der Waals surface area contributed by atoms with Crippen LogP contribution >= 0.6 is 0 Å². The highest BCUT2D eigenvalue weighted by Gasteiger charge is 2.31. The summed E-state index contributed by atoms with van der Waals surface area (Å²) < 4.78 is 0. The number of benzene rings is 1. The average molecular weight is 314 g/mol. The van der Waals surface area contributed by atoms with Crippen molar-refractivity contribution in [1.82, 2.24) is 10.2 Å². The third-order valence-corrected chi connectivity index (χ3v) is 5.17. The average Bonchev–Trinajstić information content (AvgIpc) is 2.55. The number of nitrogens with one attached hydrogen (secondary N) is 1. The van der Waals surface area contributed by atoms with Crippen molar-refractivity contribution >= 4 is 11.8 Å². The molecule has 1 unspecified atom stereocenters. The number of amides is 2. The molecule has 1 aromatic rings. The van der Waals surface area contributed by atoms with Crippen LogP contribution in [0.4, 0.5) is 0 Å². The minimum atomic E-state index is -0.124. The molecular weight excluding hydrogens is 288 g/mol. The van der Waals surface area contributed by atoms with Crippen molar-refractivity contribution in [3.05, 3.63) is 35.4 Å². The number of carbonyl (C=O) groups is 2. The molecule has 1 atom stereocenters. The molecule has 4 heteroatoms. The minimum absolute atomic E-state index is 0.0509. The summed E-state index contributed by atoms with van der Waals surface area (Å²) in [6.07, 6.45) is 7.10. The number of fused-ring (bicyclic) bond motifs is 1. The molecule has 4 nitrogen and oxygen atoms in total. The van der Waals surface area contributed by atoms with Gasteiger partial charge in [-0.25, -0.2) is 0 Å². The molecule has 1 heterocycles. The molecule has 1 aromatic carbocycles. The Labute approximate surface area is 138 Å². The van der Waals surface area contributed by atoms with Crippen molar-refractivity contribution in [1.29, 1.82) is 0 Å². The van der Waals surface area contributed by atoms with E-state index in [1.165, 1.54) is 24.8 Å². The Hall–Kier alpha value is -1.84. The second kappa shape index (κ2) is 7.16. The number of nitrogens with zero attached hydrogens (tertiary/aromatic N) is 1. The second-order valence-corrected chi connectivity index (χ2v) is 6.78. The molecule has 0 aromatic heterocycles. The van der Waals surface area contributed by atoms with Crippen LogP contribution in [0.1, 0.15) is 62.6 Å². The Morgan fingerprint density at radius 1 is 1.17 bits per heavy atom. The topological polar surface area (TPSA) is 49.4 Å². The highest BCUT2D eigenvalue weighted by molar-refractivity contribution is 5.79. The highest BCUT2D eigenvalue weighted by atomic mass is 16.2. The van der Waals surface area contributed by atoms with Gasteiger partial charge in [-0.15, -0.1) is 0 Å². The third kappa shape index (κ3) is 3.74. The van der Waals surface area contributed by atoms with E-state index >= 15 is 0 Å². The third-order valence-electron chi connectivity index (χ3n) is 5.17. The summed E-state index contributed by atoms with van der Waals surface area (Å²) in [6.45, 7) is 2.30. The van der Waals surface area contributed by atoms with Gasteiger partial charge in [0, 0.05) is 19.5 Å². The summed E-state index contributed by atoms with van der Waals surface area (Å²) in [4.78, 5) is 26.3. The van der Waals surface area contributed by atoms with Gasteiger partial charge in [-0.3, -0.25) is 9.59 Å². The lowest BCUT2D eigenvalue weighted by atomic mass is 9.90. The van der Waals surface area contributed by atoms with Crippen molar-refractivity contribution in [2.75, 3.05) is 6.54 Å². The Morgan fingerprint density at radius 3 is 2.65 bits per heavy atom. The molecule has 1 fully saturated rings. The maximum Gasteiger partial charge on any atom is 0.222 e. The Balaban J connectivity index is 1.72. The van der Waals surface area contributed by atoms with Crippen LogP contribution in [0.25, 0.3) is 0 Å². The fourth-order valence-electron chi connectivity index (χ4n) is 3.96. The molecular formula is C19H26N2O2. The van der Waals surface area contributed by atoms with Crippen LogP contribution in [0.3, 0.4) is 0 Å². The lowest BCUT2D eigenvalue weighted by molar-refractivity contribution is -0.133. The van der Waals surface area contributed by atoms with Crippen molar-refractivity contribution in [2.45, 2.75) is 64.0 Å². The van der Waals surface area contributed by atoms with Crippen LogP contribution < -0.4 is 5.32 Å². The van der Waals surface area contributed by atoms with Crippen LogP contribution in [-0.2, 0) is 16.0 Å². The first-order valence-corrected chi connectivity index (χ1v) is 8.79. The van der Waals surface area contributed by atoms with Crippen LogP contribution in [0.15, 0.2) is 24.3 Å². The van der Waals surface area contributed by atoms with Gasteiger partial charge in [0.1, 0.15) is 0 Å². The predicted octanol–water partition coefficient (Wildman–Crippen LogP) is 2.97. The van der Waals surface area contributed by atoms with Gasteiger partial charge in [0.15, 0.2) is 0 Å². The predicted molar refractivity (Wildman–Crippen MR) is 89.9 cm³/mol. The van der Waals surface area contributed by atoms with E-state index in [-0.39, 0.29) is 17.9 Å². The summed E-state index contributed by atoms with van der Waals surface area (Å²) in [5.74, 6) is 0.125. The summed E-state index contributed by atoms with van der Waals surface area (Å²) in [5, 5.41) is 3.18. The number of rotatable bonds is 3. The molecule has 1 aliphatic carbocycles. The normalized spacial score (nSPS) is 21.6. The van der Waals surface area contributed by atoms with Gasteiger partial charge in [-0.2, -0.15) is 0 Å². The van der Waals surface area contributed by atoms with E-state index in [2.05, 4.69) is 17.4 Å². The van der Waals surface area contributed by atoms with Gasteiger partial charge in [-0.05, 0) is 30.4 Å². The second-order valence-electron chi connectivity index (χ2n) is 6.78. The summed E-state index contributed by atoms with van der Waals surface area (Å²) in [5.41, 5.74) is 2.40. The first kappa shape index (κ1) is 16.0. The quantitative estimate of drug-likeness (QED) is 0.932. The molecule has 3 rings (SSSR count). The van der Waals surface area contributed by atoms with Crippen molar-refractivity contribution in [3.8, 4) is 0 Å². The molecule has 2 amide bonds. The fraction of sp³-hybridized carbons (Fsp3) is 0.579. The molecule has 1 aliphatic heterocycles. The molecule has 1 N–H and O–H groups in total. The van der Waals surface area contributed by atoms with Gasteiger partial charge < -0.3 is 10.2 Å². The Bertz CT molecular complexity index is 578. The molecule has 0 radical (unpaired) electrons. The SMILES string of the molecule is CC(=O)N1CCc2ccccc2C1CC(=O)NC1CCCCC1. The molecule has 0 saturated heterocycles. The van der Waals surface area contributed by atoms with Crippen molar-refractivity contribution in [2.24, 2.45) is 0 Å². The lowest BCUT2D eigenvalue weighted by Gasteiger charge is -2.37. The zero-order valence-electron chi connectivity index (χ0n) is 13.9. The molecule has 1 saturated carbocycles. The Morgan fingerprint density at radius 2 is 1.91 bits per heavy atom. The van der Waals surface area contributed by atoms with Gasteiger partial charge in [0.2, 0.25) is 11.8 Å². The molecule has 2 aliphatic rings. The van der Waals surface area contributed by atoms with E-state index in [9.17, 15) is 9.59 Å². The molecule has 124 valence electrons. The van der Waals surface area contributed by atoms with E-state index in [0.717, 1.165) is 24.8 Å². The molecule has 0 spiro atoms. The van der Waals surface area contributed by atoms with E-state index in [1.807, 2.05) is 17.0 Å². The maximum absolute atomic E-state index is 12.5. The highest BCUT2D eigenvalue weighted by Crippen LogP contribution is 2.32. The fourth-order valence-corrected chi connectivity index (χ4v) is 3.96. The van der Waals surface area contributed by atoms with Crippen molar-refractivity contribution < 1.29 is 9.59 Å². The van der Waals surface area contributed by atoms with E-state index in [0.29, 0.717) is 19.0 Å². The summed E-state index contributed by atoms with van der Waals surface area (Å²) in [6, 6.07) is 8.39. The van der Waals surface area contributed by atoms with Crippen LogP contribution in [0.2, 0.25) is 0 Å². The molecule has 0 bridgehead atoms. The van der Waals surface area contributed by atoms with E-state index in [1.54, 1.807) is 6.92 Å². The molecule has 23 heavy (non-hydrogen) atoms. The number of hydrogen-bond donors (Lipinski definition) is 1. The summed E-state index contributed by atoms with van der Waals surface area (Å²) in [7, 11) is 0. The number of carbonyl (C=O) groups excluding carboxylic acids is 2. The maximum atomic E-state index is 12.5. The number of hydrogen-bond acceptors (Lipinski definition) is 2. The van der Waals surface area contributed by atoms with E-state index < -0.39 is 0 Å². The van der Waals surface area contributed by atoms with Crippen LogP contribution in [-0.4, -0.2) is 29.3 Å². The van der Waals surface area contributed by atoms with Crippen LogP contribution in [0.5, 0.6) is 0 Å². The Kier molecular flexibility index (Phi) is 4.99. The first-order valence-electron chi connectivity index (χ1n) is 8.79. The van der Waals surface area contributed by atoms with Crippen LogP contribution in [0, 0.1) is 0 Å². The zero-order chi connectivity index (χ0) is 16.2. The monoisotopic (exact) mass is 314 g/mol. The lowest BCUT2D eigenvalue weighted by Crippen LogP contribution is -2.43. The minimum Gasteiger partial charge on any atom is -0.353 e. The summed E-state index contributed by atoms with van der Waals surface area (Å²) >= 11 is 0. The van der Waals surface area contributed by atoms with E-state index in [4.69, 9.17) is 0 Å². The smallest absolute Gasteiger partial charge is 0.222 e.